The van der Waals surface area contributed by atoms with Crippen molar-refractivity contribution in [1.82, 2.24) is 14.8 Å². The number of carbonyl (C=O) groups is 1. The van der Waals surface area contributed by atoms with Gasteiger partial charge in [0.05, 0.1) is 23.8 Å². The molecule has 2 heterocycles. The third-order valence-electron chi connectivity index (χ3n) is 2.77. The van der Waals surface area contributed by atoms with Gasteiger partial charge < -0.3 is 5.32 Å². The van der Waals surface area contributed by atoms with Gasteiger partial charge in [-0.3, -0.25) is 14.0 Å². The zero-order chi connectivity index (χ0) is 15.4. The first-order chi connectivity index (χ1) is 9.97. The average Bonchev–Trinajstić information content (AvgIpc) is 2.80. The highest BCUT2D eigenvalue weighted by Crippen LogP contribution is 2.22. The second-order valence-electron chi connectivity index (χ2n) is 4.62. The lowest BCUT2D eigenvalue weighted by molar-refractivity contribution is -0.118. The Morgan fingerprint density at radius 3 is 2.95 bits per heavy atom. The molecule has 0 spiro atoms. The van der Waals surface area contributed by atoms with Gasteiger partial charge in [-0.25, -0.2) is 4.68 Å². The van der Waals surface area contributed by atoms with Gasteiger partial charge in [-0.05, 0) is 12.1 Å². The minimum Gasteiger partial charge on any atom is -0.322 e. The fraction of sp³-hybridized carbons (Fsp3) is 0.308. The fourth-order valence-electron chi connectivity index (χ4n) is 1.74. The second-order valence-corrected chi connectivity index (χ2v) is 6.46. The summed E-state index contributed by atoms with van der Waals surface area (Å²) in [7, 11) is -1.03. The van der Waals surface area contributed by atoms with E-state index in [9.17, 15) is 9.00 Å². The molecule has 1 N–H and O–H groups in total. The van der Waals surface area contributed by atoms with Crippen LogP contribution in [0.1, 0.15) is 6.92 Å². The predicted molar refractivity (Wildman–Crippen MR) is 83.1 cm³/mol. The summed E-state index contributed by atoms with van der Waals surface area (Å²) in [5, 5.41) is 7.01. The Bertz CT molecular complexity index is 659. The molecule has 21 heavy (non-hydrogen) atoms. The van der Waals surface area contributed by atoms with Crippen molar-refractivity contribution in [2.45, 2.75) is 6.92 Å². The molecule has 0 bridgehead atoms. The standard InChI is InChI=1S/C13H15ClN4O2S/c1-9(8-21(2)20)13(19)16-11-7-18(17-12(11)14)10-4-3-5-15-6-10/h3-7,9H,8H2,1-2H3,(H,16,19). The molecular formula is C13H15ClN4O2S. The van der Waals surface area contributed by atoms with Crippen LogP contribution in [0.15, 0.2) is 30.7 Å². The van der Waals surface area contributed by atoms with E-state index in [1.165, 1.54) is 4.68 Å². The van der Waals surface area contributed by atoms with Crippen molar-refractivity contribution in [2.24, 2.45) is 5.92 Å². The van der Waals surface area contributed by atoms with Crippen LogP contribution >= 0.6 is 11.6 Å². The van der Waals surface area contributed by atoms with E-state index in [4.69, 9.17) is 11.6 Å². The highest BCUT2D eigenvalue weighted by molar-refractivity contribution is 7.84. The number of aromatic nitrogens is 3. The van der Waals surface area contributed by atoms with Crippen LogP contribution in [0.2, 0.25) is 5.15 Å². The lowest BCUT2D eigenvalue weighted by Gasteiger charge is -2.09. The molecule has 2 aromatic rings. The minimum absolute atomic E-state index is 0.192. The second kappa shape index (κ2) is 6.82. The average molecular weight is 327 g/mol. The number of rotatable bonds is 5. The van der Waals surface area contributed by atoms with Crippen molar-refractivity contribution >= 4 is 34.0 Å². The molecule has 6 nitrogen and oxygen atoms in total. The summed E-state index contributed by atoms with van der Waals surface area (Å²) in [6, 6.07) is 3.60. The molecule has 2 atom stereocenters. The number of anilines is 1. The molecule has 112 valence electrons. The molecule has 0 aliphatic heterocycles. The van der Waals surface area contributed by atoms with Gasteiger partial charge in [0.15, 0.2) is 5.15 Å². The van der Waals surface area contributed by atoms with E-state index in [2.05, 4.69) is 15.4 Å². The van der Waals surface area contributed by atoms with Crippen LogP contribution in [0.4, 0.5) is 5.69 Å². The van der Waals surface area contributed by atoms with Crippen LogP contribution < -0.4 is 5.32 Å². The smallest absolute Gasteiger partial charge is 0.228 e. The minimum atomic E-state index is -1.03. The molecule has 0 aliphatic carbocycles. The van der Waals surface area contributed by atoms with Gasteiger partial charge in [-0.2, -0.15) is 5.10 Å². The molecule has 1 amide bonds. The zero-order valence-electron chi connectivity index (χ0n) is 11.6. The lowest BCUT2D eigenvalue weighted by atomic mass is 10.2. The molecule has 0 radical (unpaired) electrons. The van der Waals surface area contributed by atoms with Gasteiger partial charge in [-0.15, -0.1) is 0 Å². The predicted octanol–water partition coefficient (Wildman–Crippen LogP) is 1.87. The monoisotopic (exact) mass is 326 g/mol. The first-order valence-corrected chi connectivity index (χ1v) is 8.34. The highest BCUT2D eigenvalue weighted by Gasteiger charge is 2.17. The van der Waals surface area contributed by atoms with Gasteiger partial charge in [0.1, 0.15) is 0 Å². The van der Waals surface area contributed by atoms with E-state index in [0.29, 0.717) is 11.4 Å². The Morgan fingerprint density at radius 2 is 2.33 bits per heavy atom. The summed E-state index contributed by atoms with van der Waals surface area (Å²) in [4.78, 5) is 16.0. The summed E-state index contributed by atoms with van der Waals surface area (Å²) >= 11 is 6.02. The van der Waals surface area contributed by atoms with Crippen molar-refractivity contribution in [3.8, 4) is 5.69 Å². The maximum atomic E-state index is 12.0. The van der Waals surface area contributed by atoms with E-state index >= 15 is 0 Å². The molecule has 0 saturated carbocycles. The van der Waals surface area contributed by atoms with E-state index in [0.717, 1.165) is 5.69 Å². The first kappa shape index (κ1) is 15.7. The normalized spacial score (nSPS) is 13.7. The van der Waals surface area contributed by atoms with Crippen LogP contribution in [0.25, 0.3) is 5.69 Å². The van der Waals surface area contributed by atoms with Gasteiger partial charge in [0, 0.05) is 34.9 Å². The molecule has 0 aromatic carbocycles. The van der Waals surface area contributed by atoms with Crippen LogP contribution in [-0.2, 0) is 15.6 Å². The molecule has 2 rings (SSSR count). The topological polar surface area (TPSA) is 76.9 Å². The van der Waals surface area contributed by atoms with E-state index in [-0.39, 0.29) is 17.0 Å². The fourth-order valence-corrected chi connectivity index (χ4v) is 2.77. The van der Waals surface area contributed by atoms with Crippen molar-refractivity contribution in [1.29, 1.82) is 0 Å². The number of hydrogen-bond donors (Lipinski definition) is 1. The number of nitrogens with zero attached hydrogens (tertiary/aromatic N) is 3. The molecular weight excluding hydrogens is 312 g/mol. The molecule has 0 fully saturated rings. The lowest BCUT2D eigenvalue weighted by Crippen LogP contribution is -2.24. The maximum Gasteiger partial charge on any atom is 0.228 e. The van der Waals surface area contributed by atoms with Crippen molar-refractivity contribution in [3.05, 3.63) is 35.9 Å². The quantitative estimate of drug-likeness (QED) is 0.910. The number of halogens is 1. The van der Waals surface area contributed by atoms with Crippen molar-refractivity contribution < 1.29 is 9.00 Å². The van der Waals surface area contributed by atoms with Gasteiger partial charge in [0.25, 0.3) is 0 Å². The summed E-state index contributed by atoms with van der Waals surface area (Å²) in [5.74, 6) is -0.299. The molecule has 2 aromatic heterocycles. The molecule has 8 heteroatoms. The van der Waals surface area contributed by atoms with Crippen LogP contribution in [0, 0.1) is 5.92 Å². The number of hydrogen-bond acceptors (Lipinski definition) is 4. The number of pyridine rings is 1. The Hall–Kier alpha value is -1.73. The van der Waals surface area contributed by atoms with Gasteiger partial charge >= 0.3 is 0 Å². The van der Waals surface area contributed by atoms with Crippen molar-refractivity contribution in [3.63, 3.8) is 0 Å². The number of carbonyl (C=O) groups excluding carboxylic acids is 1. The third-order valence-corrected chi connectivity index (χ3v) is 4.02. The summed E-state index contributed by atoms with van der Waals surface area (Å²) < 4.78 is 12.7. The van der Waals surface area contributed by atoms with E-state index in [1.807, 2.05) is 6.07 Å². The molecule has 0 aliphatic rings. The highest BCUT2D eigenvalue weighted by atomic mass is 35.5. The Balaban J connectivity index is 2.13. The third kappa shape index (κ3) is 4.12. The van der Waals surface area contributed by atoms with Crippen LogP contribution in [0.5, 0.6) is 0 Å². The van der Waals surface area contributed by atoms with E-state index in [1.54, 1.807) is 37.8 Å². The number of amides is 1. The maximum absolute atomic E-state index is 12.0. The Morgan fingerprint density at radius 1 is 1.57 bits per heavy atom. The van der Waals surface area contributed by atoms with Crippen molar-refractivity contribution in [2.75, 3.05) is 17.3 Å². The zero-order valence-corrected chi connectivity index (χ0v) is 13.2. The largest absolute Gasteiger partial charge is 0.322 e. The number of nitrogens with one attached hydrogen (secondary N) is 1. The van der Waals surface area contributed by atoms with Crippen LogP contribution in [0.3, 0.4) is 0 Å². The summed E-state index contributed by atoms with van der Waals surface area (Å²) in [6.45, 7) is 1.72. The Labute approximate surface area is 130 Å². The summed E-state index contributed by atoms with van der Waals surface area (Å²) in [6.07, 6.45) is 6.48. The molecule has 0 saturated heterocycles. The van der Waals surface area contributed by atoms with E-state index < -0.39 is 10.8 Å². The first-order valence-electron chi connectivity index (χ1n) is 6.24. The van der Waals surface area contributed by atoms with Gasteiger partial charge in [0.2, 0.25) is 5.91 Å². The SMILES string of the molecule is CC(CS(C)=O)C(=O)Nc1cn(-c2cccnc2)nc1Cl. The molecule has 2 unspecified atom stereocenters. The Kier molecular flexibility index (Phi) is 5.08. The van der Waals surface area contributed by atoms with Gasteiger partial charge in [-0.1, -0.05) is 18.5 Å². The van der Waals surface area contributed by atoms with Crippen LogP contribution in [-0.4, -0.2) is 36.9 Å². The summed E-state index contributed by atoms with van der Waals surface area (Å²) in [5.41, 5.74) is 1.15.